The molecule has 0 bridgehead atoms. The fourth-order valence-electron chi connectivity index (χ4n) is 2.36. The Hall–Kier alpha value is -1.59. The molecule has 1 atom stereocenters. The fraction of sp³-hybridized carbons (Fsp3) is 0.500. The van der Waals surface area contributed by atoms with E-state index in [0.29, 0.717) is 12.3 Å². The van der Waals surface area contributed by atoms with Crippen LogP contribution in [0.5, 0.6) is 0 Å². The number of rotatable bonds is 5. The number of hydrogen-bond donors (Lipinski definition) is 3. The Kier molecular flexibility index (Phi) is 7.35. The number of anilines is 2. The molecule has 0 spiro atoms. The second-order valence-corrected chi connectivity index (χ2v) is 5.86. The van der Waals surface area contributed by atoms with Gasteiger partial charge in [-0.25, -0.2) is 0 Å². The van der Waals surface area contributed by atoms with Crippen molar-refractivity contribution >= 4 is 35.6 Å². The predicted octanol–water partition coefficient (Wildman–Crippen LogP) is 2.78. The van der Waals surface area contributed by atoms with Gasteiger partial charge in [-0.15, -0.1) is 12.4 Å². The summed E-state index contributed by atoms with van der Waals surface area (Å²) in [4.78, 5) is 23.6. The highest BCUT2D eigenvalue weighted by atomic mass is 35.5. The summed E-state index contributed by atoms with van der Waals surface area (Å²) in [6.07, 6.45) is 2.43. The van der Waals surface area contributed by atoms with Crippen molar-refractivity contribution in [1.82, 2.24) is 5.32 Å². The zero-order valence-corrected chi connectivity index (χ0v) is 13.8. The Balaban J connectivity index is 0.00000242. The van der Waals surface area contributed by atoms with Gasteiger partial charge in [-0.2, -0.15) is 0 Å². The van der Waals surface area contributed by atoms with Crippen molar-refractivity contribution in [1.29, 1.82) is 0 Å². The molecule has 1 heterocycles. The number of amides is 2. The van der Waals surface area contributed by atoms with Crippen LogP contribution in [0.4, 0.5) is 11.4 Å². The van der Waals surface area contributed by atoms with Crippen LogP contribution in [0.15, 0.2) is 24.3 Å². The van der Waals surface area contributed by atoms with E-state index in [1.54, 1.807) is 24.3 Å². The molecular weight excluding hydrogens is 302 g/mol. The molecule has 2 rings (SSSR count). The monoisotopic (exact) mass is 325 g/mol. The maximum absolute atomic E-state index is 12.0. The summed E-state index contributed by atoms with van der Waals surface area (Å²) in [6.45, 7) is 4.92. The van der Waals surface area contributed by atoms with Gasteiger partial charge in [-0.05, 0) is 49.6 Å². The maximum atomic E-state index is 12.0. The Morgan fingerprint density at radius 1 is 1.18 bits per heavy atom. The van der Waals surface area contributed by atoms with Gasteiger partial charge in [0.15, 0.2) is 0 Å². The molecule has 3 N–H and O–H groups in total. The molecule has 0 aromatic heterocycles. The van der Waals surface area contributed by atoms with Crippen LogP contribution in [-0.4, -0.2) is 24.4 Å². The van der Waals surface area contributed by atoms with Gasteiger partial charge in [0.2, 0.25) is 11.8 Å². The van der Waals surface area contributed by atoms with E-state index in [2.05, 4.69) is 16.0 Å². The summed E-state index contributed by atoms with van der Waals surface area (Å²) in [7, 11) is 0. The molecular formula is C16H24ClN3O2. The molecule has 2 amide bonds. The number of halogens is 1. The summed E-state index contributed by atoms with van der Waals surface area (Å²) >= 11 is 0. The third-order valence-corrected chi connectivity index (χ3v) is 3.41. The first-order valence-electron chi connectivity index (χ1n) is 7.49. The van der Waals surface area contributed by atoms with E-state index in [0.717, 1.165) is 30.8 Å². The molecule has 0 aliphatic carbocycles. The highest BCUT2D eigenvalue weighted by Gasteiger charge is 2.21. The van der Waals surface area contributed by atoms with Crippen LogP contribution in [-0.2, 0) is 9.59 Å². The van der Waals surface area contributed by atoms with Crippen molar-refractivity contribution in [2.24, 2.45) is 5.92 Å². The number of carbonyl (C=O) groups is 2. The van der Waals surface area contributed by atoms with E-state index in [1.165, 1.54) is 0 Å². The third-order valence-electron chi connectivity index (χ3n) is 3.41. The molecule has 1 aromatic carbocycles. The molecule has 1 saturated heterocycles. The van der Waals surface area contributed by atoms with Crippen molar-refractivity contribution in [3.05, 3.63) is 24.3 Å². The van der Waals surface area contributed by atoms with Crippen molar-refractivity contribution in [3.8, 4) is 0 Å². The van der Waals surface area contributed by atoms with E-state index in [4.69, 9.17) is 0 Å². The molecule has 122 valence electrons. The second kappa shape index (κ2) is 8.76. The van der Waals surface area contributed by atoms with Crippen LogP contribution in [0.3, 0.4) is 0 Å². The molecule has 22 heavy (non-hydrogen) atoms. The largest absolute Gasteiger partial charge is 0.326 e. The van der Waals surface area contributed by atoms with Crippen LogP contribution in [0.1, 0.15) is 33.1 Å². The molecule has 1 aromatic rings. The average molecular weight is 326 g/mol. The first kappa shape index (κ1) is 18.5. The smallest absolute Gasteiger partial charge is 0.241 e. The Morgan fingerprint density at radius 3 is 2.27 bits per heavy atom. The molecule has 1 aliphatic heterocycles. The van der Waals surface area contributed by atoms with Crippen LogP contribution in [0.2, 0.25) is 0 Å². The van der Waals surface area contributed by atoms with Gasteiger partial charge in [0.1, 0.15) is 0 Å². The lowest BCUT2D eigenvalue weighted by molar-refractivity contribution is -0.118. The maximum Gasteiger partial charge on any atom is 0.241 e. The van der Waals surface area contributed by atoms with E-state index < -0.39 is 0 Å². The van der Waals surface area contributed by atoms with Crippen LogP contribution in [0, 0.1) is 5.92 Å². The van der Waals surface area contributed by atoms with Gasteiger partial charge in [-0.1, -0.05) is 13.8 Å². The topological polar surface area (TPSA) is 70.2 Å². The number of benzene rings is 1. The quantitative estimate of drug-likeness (QED) is 0.779. The SMILES string of the molecule is CC(C)CC(=O)Nc1ccc(NC(=O)C2CCCN2)cc1.Cl. The molecule has 1 aliphatic rings. The minimum atomic E-state index is -0.0876. The van der Waals surface area contributed by atoms with Gasteiger partial charge in [0.05, 0.1) is 6.04 Å². The van der Waals surface area contributed by atoms with Crippen LogP contribution >= 0.6 is 12.4 Å². The van der Waals surface area contributed by atoms with E-state index >= 15 is 0 Å². The Morgan fingerprint density at radius 2 is 1.77 bits per heavy atom. The van der Waals surface area contributed by atoms with Crippen molar-refractivity contribution in [3.63, 3.8) is 0 Å². The summed E-state index contributed by atoms with van der Waals surface area (Å²) < 4.78 is 0. The van der Waals surface area contributed by atoms with Crippen molar-refractivity contribution < 1.29 is 9.59 Å². The predicted molar refractivity (Wildman–Crippen MR) is 91.4 cm³/mol. The van der Waals surface area contributed by atoms with Crippen LogP contribution in [0.25, 0.3) is 0 Å². The van der Waals surface area contributed by atoms with Gasteiger partial charge in [0, 0.05) is 17.8 Å². The Bertz CT molecular complexity index is 497. The molecule has 1 fully saturated rings. The Labute approximate surface area is 137 Å². The first-order chi connectivity index (χ1) is 10.0. The zero-order chi connectivity index (χ0) is 15.2. The highest BCUT2D eigenvalue weighted by Crippen LogP contribution is 2.16. The lowest BCUT2D eigenvalue weighted by Crippen LogP contribution is -2.35. The highest BCUT2D eigenvalue weighted by molar-refractivity contribution is 5.95. The van der Waals surface area contributed by atoms with Crippen LogP contribution < -0.4 is 16.0 Å². The molecule has 0 radical (unpaired) electrons. The number of carbonyl (C=O) groups excluding carboxylic acids is 2. The molecule has 6 heteroatoms. The molecule has 5 nitrogen and oxygen atoms in total. The van der Waals surface area contributed by atoms with Gasteiger partial charge < -0.3 is 16.0 Å². The minimum Gasteiger partial charge on any atom is -0.326 e. The number of nitrogens with one attached hydrogen (secondary N) is 3. The lowest BCUT2D eigenvalue weighted by atomic mass is 10.1. The zero-order valence-electron chi connectivity index (χ0n) is 13.0. The van der Waals surface area contributed by atoms with E-state index in [1.807, 2.05) is 13.8 Å². The molecule has 1 unspecified atom stereocenters. The number of hydrogen-bond acceptors (Lipinski definition) is 3. The van der Waals surface area contributed by atoms with Gasteiger partial charge in [-0.3, -0.25) is 9.59 Å². The van der Waals surface area contributed by atoms with Gasteiger partial charge >= 0.3 is 0 Å². The summed E-state index contributed by atoms with van der Waals surface area (Å²) in [5.41, 5.74) is 1.49. The normalized spacial score (nSPS) is 17.0. The molecule has 0 saturated carbocycles. The van der Waals surface area contributed by atoms with Gasteiger partial charge in [0.25, 0.3) is 0 Å². The second-order valence-electron chi connectivity index (χ2n) is 5.86. The summed E-state index contributed by atoms with van der Waals surface area (Å²) in [6, 6.07) is 7.12. The van der Waals surface area contributed by atoms with Crippen molar-refractivity contribution in [2.75, 3.05) is 17.2 Å². The fourth-order valence-corrected chi connectivity index (χ4v) is 2.36. The standard InChI is InChI=1S/C16H23N3O2.ClH/c1-11(2)10-15(20)18-12-5-7-13(8-6-12)19-16(21)14-4-3-9-17-14;/h5-8,11,14,17H,3-4,9-10H2,1-2H3,(H,18,20)(H,19,21);1H. The van der Waals surface area contributed by atoms with Crippen molar-refractivity contribution in [2.45, 2.75) is 39.2 Å². The minimum absolute atomic E-state index is 0. The van der Waals surface area contributed by atoms with E-state index in [9.17, 15) is 9.59 Å². The van der Waals surface area contributed by atoms with E-state index in [-0.39, 0.29) is 30.3 Å². The lowest BCUT2D eigenvalue weighted by Gasteiger charge is -2.12. The average Bonchev–Trinajstić information content (AvgIpc) is 2.94. The summed E-state index contributed by atoms with van der Waals surface area (Å²) in [5, 5.41) is 8.89. The summed E-state index contributed by atoms with van der Waals surface area (Å²) in [5.74, 6) is 0.350. The third kappa shape index (κ3) is 5.66. The first-order valence-corrected chi connectivity index (χ1v) is 7.49.